The second-order valence-electron chi connectivity index (χ2n) is 6.17. The van der Waals surface area contributed by atoms with Crippen molar-refractivity contribution >= 4 is 5.57 Å². The first-order valence-electron chi connectivity index (χ1n) is 7.74. The van der Waals surface area contributed by atoms with Crippen molar-refractivity contribution in [1.82, 2.24) is 4.98 Å². The third-order valence-corrected chi connectivity index (χ3v) is 3.64. The summed E-state index contributed by atoms with van der Waals surface area (Å²) in [6.45, 7) is 10.8. The van der Waals surface area contributed by atoms with Gasteiger partial charge in [0.25, 0.3) is 0 Å². The summed E-state index contributed by atoms with van der Waals surface area (Å²) in [7, 11) is 0. The van der Waals surface area contributed by atoms with Crippen LogP contribution in [0.1, 0.15) is 42.8 Å². The van der Waals surface area contributed by atoms with Gasteiger partial charge >= 0.3 is 0 Å². The highest BCUT2D eigenvalue weighted by Crippen LogP contribution is 2.20. The van der Waals surface area contributed by atoms with E-state index in [1.54, 1.807) is 0 Å². The summed E-state index contributed by atoms with van der Waals surface area (Å²) in [6, 6.07) is 15.0. The number of allylic oxidation sites excluding steroid dienone is 1. The standard InChI is InChI=1S/C20H25N/c1-15(2)14-18-9-11-19(12-10-18)16(3)8-13-20-7-5-6-17(4)21-20/h5-7,9-12,15H,3,8,13-14H2,1-2,4H3. The molecule has 0 aliphatic carbocycles. The third kappa shape index (κ3) is 4.86. The van der Waals surface area contributed by atoms with E-state index in [1.165, 1.54) is 16.7 Å². The van der Waals surface area contributed by atoms with E-state index in [2.05, 4.69) is 61.8 Å². The van der Waals surface area contributed by atoms with Gasteiger partial charge in [0, 0.05) is 11.4 Å². The molecule has 0 saturated carbocycles. The highest BCUT2D eigenvalue weighted by molar-refractivity contribution is 5.63. The van der Waals surface area contributed by atoms with Gasteiger partial charge in [0.1, 0.15) is 0 Å². The first-order valence-corrected chi connectivity index (χ1v) is 7.74. The van der Waals surface area contributed by atoms with Crippen molar-refractivity contribution in [3.8, 4) is 0 Å². The van der Waals surface area contributed by atoms with E-state index in [0.717, 1.165) is 30.7 Å². The summed E-state index contributed by atoms with van der Waals surface area (Å²) in [5, 5.41) is 0. The maximum absolute atomic E-state index is 4.54. The molecule has 2 rings (SSSR count). The summed E-state index contributed by atoms with van der Waals surface area (Å²) in [6.07, 6.45) is 3.05. The molecule has 0 fully saturated rings. The first kappa shape index (κ1) is 15.5. The Morgan fingerprint density at radius 2 is 1.81 bits per heavy atom. The fourth-order valence-electron chi connectivity index (χ4n) is 2.51. The van der Waals surface area contributed by atoms with Crippen LogP contribution in [-0.4, -0.2) is 4.98 Å². The number of benzene rings is 1. The number of pyridine rings is 1. The lowest BCUT2D eigenvalue weighted by molar-refractivity contribution is 0.647. The number of aryl methyl sites for hydroxylation is 2. The van der Waals surface area contributed by atoms with Crippen molar-refractivity contribution < 1.29 is 0 Å². The molecule has 0 saturated heterocycles. The molecule has 0 amide bonds. The van der Waals surface area contributed by atoms with Gasteiger partial charge in [-0.25, -0.2) is 0 Å². The van der Waals surface area contributed by atoms with Crippen LogP contribution in [0.4, 0.5) is 0 Å². The molecule has 110 valence electrons. The van der Waals surface area contributed by atoms with E-state index in [1.807, 2.05) is 13.0 Å². The maximum Gasteiger partial charge on any atom is 0.0410 e. The van der Waals surface area contributed by atoms with Crippen molar-refractivity contribution in [2.75, 3.05) is 0 Å². The molecule has 2 aromatic rings. The van der Waals surface area contributed by atoms with Gasteiger partial charge in [-0.1, -0.05) is 50.8 Å². The monoisotopic (exact) mass is 279 g/mol. The van der Waals surface area contributed by atoms with Crippen LogP contribution < -0.4 is 0 Å². The minimum Gasteiger partial charge on any atom is -0.258 e. The van der Waals surface area contributed by atoms with Crippen LogP contribution in [0, 0.1) is 12.8 Å². The Hall–Kier alpha value is -1.89. The first-order chi connectivity index (χ1) is 10.0. The van der Waals surface area contributed by atoms with Gasteiger partial charge in [-0.15, -0.1) is 0 Å². The van der Waals surface area contributed by atoms with E-state index >= 15 is 0 Å². The predicted molar refractivity (Wildman–Crippen MR) is 91.3 cm³/mol. The van der Waals surface area contributed by atoms with Crippen molar-refractivity contribution in [3.05, 3.63) is 71.6 Å². The molecule has 0 spiro atoms. The van der Waals surface area contributed by atoms with Crippen LogP contribution in [0.3, 0.4) is 0 Å². The Labute approximate surface area is 128 Å². The summed E-state index contributed by atoms with van der Waals surface area (Å²) in [4.78, 5) is 4.54. The Morgan fingerprint density at radius 1 is 1.10 bits per heavy atom. The van der Waals surface area contributed by atoms with E-state index in [0.29, 0.717) is 5.92 Å². The zero-order valence-electron chi connectivity index (χ0n) is 13.4. The second kappa shape index (κ2) is 7.21. The fraction of sp³-hybridized carbons (Fsp3) is 0.350. The number of hydrogen-bond donors (Lipinski definition) is 0. The number of hydrogen-bond acceptors (Lipinski definition) is 1. The fourth-order valence-corrected chi connectivity index (χ4v) is 2.51. The molecular weight excluding hydrogens is 254 g/mol. The zero-order valence-corrected chi connectivity index (χ0v) is 13.4. The summed E-state index contributed by atoms with van der Waals surface area (Å²) < 4.78 is 0. The molecule has 0 aliphatic rings. The molecule has 1 aromatic heterocycles. The van der Waals surface area contributed by atoms with Crippen LogP contribution in [0.25, 0.3) is 5.57 Å². The van der Waals surface area contributed by atoms with E-state index in [4.69, 9.17) is 0 Å². The van der Waals surface area contributed by atoms with Crippen molar-refractivity contribution in [3.63, 3.8) is 0 Å². The Kier molecular flexibility index (Phi) is 5.32. The highest BCUT2D eigenvalue weighted by Gasteiger charge is 2.03. The molecular formula is C20H25N. The number of aromatic nitrogens is 1. The van der Waals surface area contributed by atoms with E-state index in [-0.39, 0.29) is 0 Å². The van der Waals surface area contributed by atoms with Crippen LogP contribution in [0.15, 0.2) is 49.0 Å². The quantitative estimate of drug-likeness (QED) is 0.705. The van der Waals surface area contributed by atoms with Crippen molar-refractivity contribution in [1.29, 1.82) is 0 Å². The molecule has 0 unspecified atom stereocenters. The molecule has 0 N–H and O–H groups in total. The highest BCUT2D eigenvalue weighted by atomic mass is 14.7. The van der Waals surface area contributed by atoms with Gasteiger partial charge in [-0.05, 0) is 60.9 Å². The Balaban J connectivity index is 1.94. The number of nitrogens with zero attached hydrogens (tertiary/aromatic N) is 1. The molecule has 1 nitrogen and oxygen atoms in total. The molecule has 0 bridgehead atoms. The lowest BCUT2D eigenvalue weighted by Gasteiger charge is -2.09. The van der Waals surface area contributed by atoms with E-state index < -0.39 is 0 Å². The van der Waals surface area contributed by atoms with E-state index in [9.17, 15) is 0 Å². The third-order valence-electron chi connectivity index (χ3n) is 3.64. The largest absolute Gasteiger partial charge is 0.258 e. The average molecular weight is 279 g/mol. The zero-order chi connectivity index (χ0) is 15.2. The van der Waals surface area contributed by atoms with Gasteiger partial charge in [-0.2, -0.15) is 0 Å². The van der Waals surface area contributed by atoms with Crippen LogP contribution in [-0.2, 0) is 12.8 Å². The van der Waals surface area contributed by atoms with Crippen LogP contribution in [0.5, 0.6) is 0 Å². The van der Waals surface area contributed by atoms with Crippen LogP contribution in [0.2, 0.25) is 0 Å². The van der Waals surface area contributed by atoms with Gasteiger partial charge in [0.2, 0.25) is 0 Å². The molecule has 1 heterocycles. The molecule has 1 aromatic carbocycles. The normalized spacial score (nSPS) is 10.9. The lowest BCUT2D eigenvalue weighted by atomic mass is 9.97. The molecule has 1 heteroatoms. The Bertz CT molecular complexity index is 593. The second-order valence-corrected chi connectivity index (χ2v) is 6.17. The van der Waals surface area contributed by atoms with Crippen molar-refractivity contribution in [2.45, 2.75) is 40.0 Å². The predicted octanol–water partition coefficient (Wildman–Crippen LogP) is 5.23. The summed E-state index contributed by atoms with van der Waals surface area (Å²) in [5.74, 6) is 0.700. The molecule has 0 atom stereocenters. The summed E-state index contributed by atoms with van der Waals surface area (Å²) in [5.41, 5.74) is 6.06. The SMILES string of the molecule is C=C(CCc1cccc(C)n1)c1ccc(CC(C)C)cc1. The number of rotatable bonds is 6. The van der Waals surface area contributed by atoms with Gasteiger partial charge in [0.15, 0.2) is 0 Å². The minimum atomic E-state index is 0.700. The van der Waals surface area contributed by atoms with Gasteiger partial charge in [0.05, 0.1) is 0 Å². The average Bonchev–Trinajstić information content (AvgIpc) is 2.45. The Morgan fingerprint density at radius 3 is 2.43 bits per heavy atom. The molecule has 0 radical (unpaired) electrons. The maximum atomic E-state index is 4.54. The minimum absolute atomic E-state index is 0.700. The van der Waals surface area contributed by atoms with Crippen molar-refractivity contribution in [2.24, 2.45) is 5.92 Å². The molecule has 21 heavy (non-hydrogen) atoms. The van der Waals surface area contributed by atoms with Crippen LogP contribution >= 0.6 is 0 Å². The van der Waals surface area contributed by atoms with Gasteiger partial charge < -0.3 is 0 Å². The topological polar surface area (TPSA) is 12.9 Å². The van der Waals surface area contributed by atoms with Gasteiger partial charge in [-0.3, -0.25) is 4.98 Å². The summed E-state index contributed by atoms with van der Waals surface area (Å²) >= 11 is 0. The molecule has 0 aliphatic heterocycles. The smallest absolute Gasteiger partial charge is 0.0410 e. The lowest BCUT2D eigenvalue weighted by Crippen LogP contribution is -1.95.